The van der Waals surface area contributed by atoms with Crippen LogP contribution in [0.25, 0.3) is 0 Å². The van der Waals surface area contributed by atoms with Crippen LogP contribution in [0.2, 0.25) is 0 Å². The van der Waals surface area contributed by atoms with Crippen molar-refractivity contribution in [2.75, 3.05) is 37.5 Å². The standard InChI is InChI=1S/C27H44N6O6S/c1-6-17(2)23(26(38)30-13-12-29-24(36)18(3)15-22(34)35)33-25(37)21(11-14-40-5)32-27(39)31-20-9-7-19(8-10-20)16-28-4/h7-10,17-18,21,23,28H,6,11-16H2,1-5H3,(H,29,36)(H,30,38)(H,33,37)(H,34,35)(H2,31,32,39)/t17-,18?,21-,23-/m0/s1. The number of urea groups is 1. The van der Waals surface area contributed by atoms with E-state index in [4.69, 9.17) is 5.11 Å². The summed E-state index contributed by atoms with van der Waals surface area (Å²) in [5.41, 5.74) is 1.65. The number of amides is 5. The van der Waals surface area contributed by atoms with Crippen molar-refractivity contribution in [3.05, 3.63) is 29.8 Å². The van der Waals surface area contributed by atoms with Crippen molar-refractivity contribution in [1.29, 1.82) is 0 Å². The van der Waals surface area contributed by atoms with Crippen LogP contribution in [0.4, 0.5) is 10.5 Å². The molecule has 4 atom stereocenters. The Balaban J connectivity index is 2.75. The van der Waals surface area contributed by atoms with E-state index in [0.29, 0.717) is 30.8 Å². The molecule has 13 heteroatoms. The molecule has 0 saturated carbocycles. The molecule has 12 nitrogen and oxygen atoms in total. The molecule has 1 unspecified atom stereocenters. The molecule has 1 aromatic rings. The molecule has 5 amide bonds. The minimum atomic E-state index is -1.07. The SMILES string of the molecule is CC[C@H](C)[C@H](NC(=O)[C@H](CCSC)NC(=O)Nc1ccc(CNC)cc1)C(=O)NCCNC(=O)C(C)CC(=O)O. The Bertz CT molecular complexity index is 977. The molecule has 0 spiro atoms. The van der Waals surface area contributed by atoms with Crippen LogP contribution in [0.15, 0.2) is 24.3 Å². The zero-order valence-corrected chi connectivity index (χ0v) is 24.8. The summed E-state index contributed by atoms with van der Waals surface area (Å²) in [7, 11) is 1.85. The molecule has 0 bridgehead atoms. The second-order valence-electron chi connectivity index (χ2n) is 9.61. The smallest absolute Gasteiger partial charge is 0.319 e. The summed E-state index contributed by atoms with van der Waals surface area (Å²) in [5, 5.41) is 25.4. The van der Waals surface area contributed by atoms with Gasteiger partial charge in [-0.15, -0.1) is 0 Å². The highest BCUT2D eigenvalue weighted by Gasteiger charge is 2.29. The van der Waals surface area contributed by atoms with E-state index < -0.39 is 47.7 Å². The van der Waals surface area contributed by atoms with Gasteiger partial charge in [0.05, 0.1) is 6.42 Å². The minimum absolute atomic E-state index is 0.108. The van der Waals surface area contributed by atoms with Gasteiger partial charge in [-0.2, -0.15) is 11.8 Å². The monoisotopic (exact) mass is 580 g/mol. The van der Waals surface area contributed by atoms with Gasteiger partial charge in [0, 0.05) is 31.2 Å². The van der Waals surface area contributed by atoms with Gasteiger partial charge in [0.15, 0.2) is 0 Å². The second-order valence-corrected chi connectivity index (χ2v) is 10.6. The number of aliphatic carboxylic acids is 1. The molecule has 0 radical (unpaired) electrons. The molecule has 0 aliphatic heterocycles. The van der Waals surface area contributed by atoms with Gasteiger partial charge < -0.3 is 37.0 Å². The largest absolute Gasteiger partial charge is 0.481 e. The third-order valence-corrected chi connectivity index (χ3v) is 6.91. The zero-order chi connectivity index (χ0) is 30.1. The first kappa shape index (κ1) is 34.7. The molecule has 0 fully saturated rings. The van der Waals surface area contributed by atoms with E-state index in [9.17, 15) is 24.0 Å². The highest BCUT2D eigenvalue weighted by molar-refractivity contribution is 7.98. The third-order valence-electron chi connectivity index (χ3n) is 6.27. The molecular formula is C27H44N6O6S. The van der Waals surface area contributed by atoms with E-state index in [1.165, 1.54) is 18.7 Å². The number of carboxylic acid groups (broad SMARTS) is 1. The number of anilines is 1. The van der Waals surface area contributed by atoms with Crippen molar-refractivity contribution >= 4 is 47.2 Å². The van der Waals surface area contributed by atoms with Crippen LogP contribution in [0.3, 0.4) is 0 Å². The summed E-state index contributed by atoms with van der Waals surface area (Å²) in [5.74, 6) is -2.63. The molecule has 0 aliphatic carbocycles. The van der Waals surface area contributed by atoms with Crippen LogP contribution >= 0.6 is 11.8 Å². The van der Waals surface area contributed by atoms with Crippen LogP contribution in [-0.4, -0.2) is 79.1 Å². The number of carboxylic acids is 1. The Morgan fingerprint density at radius 3 is 2.10 bits per heavy atom. The fourth-order valence-electron chi connectivity index (χ4n) is 3.71. The Morgan fingerprint density at radius 2 is 1.55 bits per heavy atom. The van der Waals surface area contributed by atoms with Crippen molar-refractivity contribution in [3.8, 4) is 0 Å². The predicted molar refractivity (Wildman–Crippen MR) is 157 cm³/mol. The van der Waals surface area contributed by atoms with Crippen LogP contribution in [-0.2, 0) is 25.7 Å². The summed E-state index contributed by atoms with van der Waals surface area (Å²) in [6.07, 6.45) is 2.61. The van der Waals surface area contributed by atoms with E-state index >= 15 is 0 Å². The van der Waals surface area contributed by atoms with Gasteiger partial charge in [-0.05, 0) is 49.1 Å². The maximum absolute atomic E-state index is 13.2. The fourth-order valence-corrected chi connectivity index (χ4v) is 4.18. The van der Waals surface area contributed by atoms with Crippen molar-refractivity contribution in [2.24, 2.45) is 11.8 Å². The van der Waals surface area contributed by atoms with Gasteiger partial charge >= 0.3 is 12.0 Å². The molecule has 0 saturated heterocycles. The predicted octanol–water partition coefficient (Wildman–Crippen LogP) is 1.52. The number of nitrogens with one attached hydrogen (secondary N) is 6. The van der Waals surface area contributed by atoms with Crippen molar-refractivity contribution in [1.82, 2.24) is 26.6 Å². The molecule has 1 aromatic carbocycles. The summed E-state index contributed by atoms with van der Waals surface area (Å²) in [4.78, 5) is 61.6. The maximum atomic E-state index is 13.2. The quantitative estimate of drug-likeness (QED) is 0.128. The van der Waals surface area contributed by atoms with Gasteiger partial charge in [-0.1, -0.05) is 39.3 Å². The summed E-state index contributed by atoms with van der Waals surface area (Å²) >= 11 is 1.54. The molecule has 0 aromatic heterocycles. The fraction of sp³-hybridized carbons (Fsp3) is 0.593. The van der Waals surface area contributed by atoms with Gasteiger partial charge in [0.2, 0.25) is 17.7 Å². The first-order valence-corrected chi connectivity index (χ1v) is 14.8. The summed E-state index contributed by atoms with van der Waals surface area (Å²) in [6, 6.07) is 5.11. The molecule has 1 rings (SSSR count). The average Bonchev–Trinajstić information content (AvgIpc) is 2.91. The first-order chi connectivity index (χ1) is 19.0. The van der Waals surface area contributed by atoms with Gasteiger partial charge in [0.25, 0.3) is 0 Å². The van der Waals surface area contributed by atoms with Crippen LogP contribution in [0, 0.1) is 11.8 Å². The van der Waals surface area contributed by atoms with Crippen molar-refractivity contribution in [3.63, 3.8) is 0 Å². The average molecular weight is 581 g/mol. The van der Waals surface area contributed by atoms with Gasteiger partial charge in [-0.25, -0.2) is 4.79 Å². The Kier molecular flexibility index (Phi) is 16.4. The van der Waals surface area contributed by atoms with Crippen LogP contribution in [0.5, 0.6) is 0 Å². The number of rotatable bonds is 18. The van der Waals surface area contributed by atoms with E-state index in [1.54, 1.807) is 12.1 Å². The molecular weight excluding hydrogens is 536 g/mol. The highest BCUT2D eigenvalue weighted by atomic mass is 32.2. The Morgan fingerprint density at radius 1 is 0.925 bits per heavy atom. The Hall–Kier alpha value is -3.32. The van der Waals surface area contributed by atoms with Crippen molar-refractivity contribution in [2.45, 2.75) is 58.7 Å². The summed E-state index contributed by atoms with van der Waals surface area (Å²) in [6.45, 7) is 6.18. The lowest BCUT2D eigenvalue weighted by Gasteiger charge is -2.26. The Labute approximate surface area is 240 Å². The number of benzene rings is 1. The molecule has 0 aliphatic rings. The van der Waals surface area contributed by atoms with E-state index in [2.05, 4.69) is 31.9 Å². The summed E-state index contributed by atoms with van der Waals surface area (Å²) < 4.78 is 0. The number of thioether (sulfide) groups is 1. The topological polar surface area (TPSA) is 178 Å². The normalized spacial score (nSPS) is 13.7. The zero-order valence-electron chi connectivity index (χ0n) is 24.0. The second kappa shape index (κ2) is 18.9. The maximum Gasteiger partial charge on any atom is 0.319 e. The highest BCUT2D eigenvalue weighted by Crippen LogP contribution is 2.12. The number of hydrogen-bond acceptors (Lipinski definition) is 7. The van der Waals surface area contributed by atoms with Gasteiger partial charge in [0.1, 0.15) is 12.1 Å². The molecule has 224 valence electrons. The minimum Gasteiger partial charge on any atom is -0.481 e. The number of carbonyl (C=O) groups excluding carboxylic acids is 4. The van der Waals surface area contributed by atoms with Crippen molar-refractivity contribution < 1.29 is 29.1 Å². The number of hydrogen-bond donors (Lipinski definition) is 7. The third kappa shape index (κ3) is 13.2. The number of carbonyl (C=O) groups is 5. The molecule has 7 N–H and O–H groups in total. The van der Waals surface area contributed by atoms with E-state index in [0.717, 1.165) is 5.56 Å². The molecule has 40 heavy (non-hydrogen) atoms. The van der Waals surface area contributed by atoms with Crippen LogP contribution < -0.4 is 31.9 Å². The lowest BCUT2D eigenvalue weighted by molar-refractivity contribution is -0.140. The van der Waals surface area contributed by atoms with Gasteiger partial charge in [-0.3, -0.25) is 19.2 Å². The first-order valence-electron chi connectivity index (χ1n) is 13.4. The lowest BCUT2D eigenvalue weighted by Crippen LogP contribution is -2.56. The lowest BCUT2D eigenvalue weighted by atomic mass is 9.97. The van der Waals surface area contributed by atoms with Crippen LogP contribution in [0.1, 0.15) is 45.6 Å². The van der Waals surface area contributed by atoms with E-state index in [1.807, 2.05) is 39.3 Å². The molecule has 0 heterocycles. The van der Waals surface area contributed by atoms with E-state index in [-0.39, 0.29) is 25.4 Å².